The summed E-state index contributed by atoms with van der Waals surface area (Å²) in [6.07, 6.45) is -0.541. The second kappa shape index (κ2) is 5.14. The first kappa shape index (κ1) is 13.5. The second-order valence-electron chi connectivity index (χ2n) is 5.32. The van der Waals surface area contributed by atoms with Gasteiger partial charge in [-0.15, -0.1) is 0 Å². The zero-order valence-electron chi connectivity index (χ0n) is 10.8. The number of hydrogen-bond acceptors (Lipinski definition) is 3. The molecule has 1 saturated carbocycles. The molecule has 3 rings (SSSR count). The smallest absolute Gasteiger partial charge is 0.333 e. The van der Waals surface area contributed by atoms with Crippen LogP contribution in [0.3, 0.4) is 0 Å². The molecule has 0 aromatic heterocycles. The van der Waals surface area contributed by atoms with E-state index in [1.54, 1.807) is 12.1 Å². The van der Waals surface area contributed by atoms with Crippen LogP contribution in [-0.4, -0.2) is 32.0 Å². The number of carbonyl (C=O) groups is 1. The molecule has 0 spiro atoms. The zero-order chi connectivity index (χ0) is 14.2. The maximum absolute atomic E-state index is 12.7. The maximum atomic E-state index is 12.7. The van der Waals surface area contributed by atoms with Gasteiger partial charge in [-0.1, -0.05) is 12.1 Å². The molecule has 1 aromatic carbocycles. The van der Waals surface area contributed by atoms with E-state index in [0.717, 1.165) is 5.56 Å². The van der Waals surface area contributed by atoms with E-state index >= 15 is 0 Å². The zero-order valence-corrected chi connectivity index (χ0v) is 10.8. The van der Waals surface area contributed by atoms with Crippen molar-refractivity contribution in [2.45, 2.75) is 30.6 Å². The van der Waals surface area contributed by atoms with Crippen LogP contribution in [0.1, 0.15) is 34.6 Å². The third kappa shape index (κ3) is 2.83. The fraction of sp³-hybridized carbons (Fsp3) is 0.462. The number of alkyl halides is 2. The third-order valence-electron chi connectivity index (χ3n) is 3.69. The molecular weight excluding hydrogens is 267 g/mol. The quantitative estimate of drug-likeness (QED) is 0.675. The van der Waals surface area contributed by atoms with Crippen LogP contribution >= 0.6 is 0 Å². The first-order chi connectivity index (χ1) is 9.53. The van der Waals surface area contributed by atoms with Crippen LogP contribution in [0, 0.1) is 0 Å². The Balaban J connectivity index is 1.58. The predicted molar refractivity (Wildman–Crippen MR) is 68.8 cm³/mol. The van der Waals surface area contributed by atoms with E-state index in [0.29, 0.717) is 19.7 Å². The molecule has 1 atom stereocenters. The minimum Gasteiger partial charge on any atom is -0.349 e. The summed E-state index contributed by atoms with van der Waals surface area (Å²) in [7, 11) is 0.503. The van der Waals surface area contributed by atoms with Gasteiger partial charge in [0.25, 0.3) is 11.8 Å². The second-order valence-corrected chi connectivity index (χ2v) is 5.32. The fourth-order valence-corrected chi connectivity index (χ4v) is 2.44. The summed E-state index contributed by atoms with van der Waals surface area (Å²) >= 11 is 0. The summed E-state index contributed by atoms with van der Waals surface area (Å²) in [5.74, 6) is -2.75. The van der Waals surface area contributed by atoms with Gasteiger partial charge in [0.15, 0.2) is 0 Å². The van der Waals surface area contributed by atoms with Crippen LogP contribution in [0.5, 0.6) is 0 Å². The molecule has 1 heterocycles. The van der Waals surface area contributed by atoms with Gasteiger partial charge in [0.2, 0.25) is 0 Å². The number of halogens is 2. The van der Waals surface area contributed by atoms with E-state index < -0.39 is 12.0 Å². The Labute approximate surface area is 115 Å². The molecule has 1 aliphatic carbocycles. The predicted octanol–water partition coefficient (Wildman–Crippen LogP) is 1.57. The molecule has 1 unspecified atom stereocenters. The van der Waals surface area contributed by atoms with Crippen molar-refractivity contribution in [2.75, 3.05) is 6.61 Å². The highest BCUT2D eigenvalue weighted by molar-refractivity contribution is 6.30. The van der Waals surface area contributed by atoms with Crippen molar-refractivity contribution in [2.24, 2.45) is 0 Å². The Morgan fingerprint density at radius 1 is 1.30 bits per heavy atom. The highest BCUT2D eigenvalue weighted by Gasteiger charge is 2.45. The lowest BCUT2D eigenvalue weighted by atomic mass is 9.76. The molecule has 2 fully saturated rings. The minimum atomic E-state index is -2.62. The van der Waals surface area contributed by atoms with Crippen molar-refractivity contribution in [1.82, 2.24) is 5.32 Å². The van der Waals surface area contributed by atoms with Crippen molar-refractivity contribution in [3.05, 3.63) is 35.4 Å². The Bertz CT molecular complexity index is 495. The topological polar surface area (TPSA) is 47.6 Å². The number of rotatable bonds is 3. The van der Waals surface area contributed by atoms with E-state index in [-0.39, 0.29) is 24.6 Å². The van der Waals surface area contributed by atoms with Crippen LogP contribution in [0.15, 0.2) is 24.3 Å². The number of amides is 1. The average Bonchev–Trinajstić information content (AvgIpc) is 2.90. The minimum absolute atomic E-state index is 0.178. The van der Waals surface area contributed by atoms with Crippen LogP contribution in [0.25, 0.3) is 0 Å². The fourth-order valence-electron chi connectivity index (χ4n) is 2.44. The Morgan fingerprint density at radius 2 is 2.00 bits per heavy atom. The molecule has 1 aliphatic heterocycles. The number of benzene rings is 1. The molecular formula is C13H14BF2NO3. The summed E-state index contributed by atoms with van der Waals surface area (Å²) in [4.78, 5) is 21.6. The highest BCUT2D eigenvalue weighted by Crippen LogP contribution is 2.37. The summed E-state index contributed by atoms with van der Waals surface area (Å²) in [6.45, 7) is 0.503. The lowest BCUT2D eigenvalue weighted by Crippen LogP contribution is -2.50. The van der Waals surface area contributed by atoms with Crippen molar-refractivity contribution >= 4 is 13.4 Å². The van der Waals surface area contributed by atoms with Crippen LogP contribution in [0.4, 0.5) is 8.78 Å². The van der Waals surface area contributed by atoms with E-state index in [4.69, 9.17) is 9.69 Å². The highest BCUT2D eigenvalue weighted by atomic mass is 19.3. The van der Waals surface area contributed by atoms with Gasteiger partial charge in [0.1, 0.15) is 0 Å². The molecule has 1 aromatic rings. The normalized spacial score (nSPS) is 24.8. The molecule has 106 valence electrons. The van der Waals surface area contributed by atoms with E-state index in [9.17, 15) is 13.6 Å². The SMILES string of the molecule is O=C(NC1CC(F)(F)C1)c1ccc(C2BOOC2)cc1. The molecule has 4 nitrogen and oxygen atoms in total. The molecule has 0 radical (unpaired) electrons. The largest absolute Gasteiger partial charge is 0.349 e. The Hall–Kier alpha value is -1.47. The molecule has 1 N–H and O–H groups in total. The first-order valence-corrected chi connectivity index (χ1v) is 6.56. The van der Waals surface area contributed by atoms with Crippen molar-refractivity contribution in [3.63, 3.8) is 0 Å². The van der Waals surface area contributed by atoms with Crippen LogP contribution in [0.2, 0.25) is 0 Å². The molecule has 7 heteroatoms. The Morgan fingerprint density at radius 3 is 2.55 bits per heavy atom. The van der Waals surface area contributed by atoms with E-state index in [1.807, 2.05) is 12.1 Å². The van der Waals surface area contributed by atoms with E-state index in [2.05, 4.69) is 5.32 Å². The monoisotopic (exact) mass is 281 g/mol. The number of hydrogen-bond donors (Lipinski definition) is 1. The summed E-state index contributed by atoms with van der Waals surface area (Å²) in [5.41, 5.74) is 1.51. The molecule has 1 amide bonds. The van der Waals surface area contributed by atoms with Crippen molar-refractivity contribution < 1.29 is 23.3 Å². The first-order valence-electron chi connectivity index (χ1n) is 6.56. The summed E-state index contributed by atoms with van der Waals surface area (Å²) < 4.78 is 25.4. The van der Waals surface area contributed by atoms with Gasteiger partial charge in [-0.2, -0.15) is 0 Å². The van der Waals surface area contributed by atoms with Gasteiger partial charge in [-0.25, -0.2) is 8.78 Å². The van der Waals surface area contributed by atoms with Gasteiger partial charge in [0, 0.05) is 30.3 Å². The Kier molecular flexibility index (Phi) is 3.47. The lowest BCUT2D eigenvalue weighted by molar-refractivity contribution is -0.183. The van der Waals surface area contributed by atoms with Crippen LogP contribution in [-0.2, 0) is 9.69 Å². The van der Waals surface area contributed by atoms with Gasteiger partial charge >= 0.3 is 7.48 Å². The molecule has 1 saturated heterocycles. The van der Waals surface area contributed by atoms with Gasteiger partial charge < -0.3 is 10.1 Å². The summed E-state index contributed by atoms with van der Waals surface area (Å²) in [6, 6.07) is 6.65. The third-order valence-corrected chi connectivity index (χ3v) is 3.69. The van der Waals surface area contributed by atoms with Gasteiger partial charge in [0.05, 0.1) is 6.61 Å². The molecule has 2 aliphatic rings. The van der Waals surface area contributed by atoms with Gasteiger partial charge in [-0.05, 0) is 17.7 Å². The standard InChI is InChI=1S/C13H14BF2NO3/c15-13(16)5-10(6-13)17-12(18)9-3-1-8(2-4-9)11-7-19-20-14-11/h1-4,10-11,14H,5-7H2,(H,17,18). The maximum Gasteiger partial charge on any atom is 0.333 e. The summed E-state index contributed by atoms with van der Waals surface area (Å²) in [5, 5.41) is 2.61. The molecule has 0 bridgehead atoms. The number of carbonyl (C=O) groups excluding carboxylic acids is 1. The van der Waals surface area contributed by atoms with Crippen molar-refractivity contribution in [1.29, 1.82) is 0 Å². The number of nitrogens with one attached hydrogen (secondary N) is 1. The van der Waals surface area contributed by atoms with Gasteiger partial charge in [-0.3, -0.25) is 9.68 Å². The lowest BCUT2D eigenvalue weighted by Gasteiger charge is -2.35. The van der Waals surface area contributed by atoms with Crippen LogP contribution < -0.4 is 5.32 Å². The van der Waals surface area contributed by atoms with Crippen molar-refractivity contribution in [3.8, 4) is 0 Å². The van der Waals surface area contributed by atoms with E-state index in [1.165, 1.54) is 0 Å². The molecule has 20 heavy (non-hydrogen) atoms. The average molecular weight is 281 g/mol.